The van der Waals surface area contributed by atoms with Crippen molar-refractivity contribution in [3.05, 3.63) is 47.1 Å². The molecule has 1 aliphatic heterocycles. The number of nitrogens with zero attached hydrogens (tertiary/aromatic N) is 1. The smallest absolute Gasteiger partial charge is 0.303 e. The molecule has 7 nitrogen and oxygen atoms in total. The molecular formula is C18H16N2O5S2. The van der Waals surface area contributed by atoms with Gasteiger partial charge in [0.25, 0.3) is 5.91 Å². The summed E-state index contributed by atoms with van der Waals surface area (Å²) in [6.07, 6.45) is 1.96. The van der Waals surface area contributed by atoms with Crippen LogP contribution in [0.2, 0.25) is 0 Å². The number of carbonyl (C=O) groups excluding carboxylic acids is 1. The van der Waals surface area contributed by atoms with Gasteiger partial charge in [0.05, 0.1) is 10.6 Å². The van der Waals surface area contributed by atoms with Gasteiger partial charge < -0.3 is 9.52 Å². The van der Waals surface area contributed by atoms with Gasteiger partial charge >= 0.3 is 5.97 Å². The van der Waals surface area contributed by atoms with Crippen LogP contribution in [0, 0.1) is 0 Å². The standard InChI is InChI=1S/C18H16N2O5S2/c21-16(22)2-1-9-20-17(23)15(27-18(20)26)10-13-7-8-14(25-13)11-3-5-12(19-24)6-4-11/h3-8,10,19,24H,1-2,9H2,(H,21,22)/b15-10+. The van der Waals surface area contributed by atoms with Gasteiger partial charge in [0, 0.05) is 24.6 Å². The van der Waals surface area contributed by atoms with Crippen LogP contribution in [0.25, 0.3) is 17.4 Å². The van der Waals surface area contributed by atoms with Crippen LogP contribution in [0.4, 0.5) is 5.69 Å². The minimum Gasteiger partial charge on any atom is -0.481 e. The molecule has 3 N–H and O–H groups in total. The second-order valence-corrected chi connectivity index (χ2v) is 7.40. The summed E-state index contributed by atoms with van der Waals surface area (Å²) in [6, 6.07) is 10.6. The molecule has 1 aromatic heterocycles. The van der Waals surface area contributed by atoms with E-state index in [0.29, 0.717) is 32.9 Å². The Hall–Kier alpha value is -2.62. The number of hydrogen-bond acceptors (Lipinski definition) is 7. The number of nitrogens with one attached hydrogen (secondary N) is 1. The van der Waals surface area contributed by atoms with E-state index in [9.17, 15) is 9.59 Å². The summed E-state index contributed by atoms with van der Waals surface area (Å²) < 4.78 is 6.18. The number of amides is 1. The van der Waals surface area contributed by atoms with Crippen LogP contribution in [0.15, 0.2) is 45.7 Å². The molecule has 27 heavy (non-hydrogen) atoms. The predicted octanol–water partition coefficient (Wildman–Crippen LogP) is 3.81. The van der Waals surface area contributed by atoms with Gasteiger partial charge in [-0.25, -0.2) is 0 Å². The highest BCUT2D eigenvalue weighted by atomic mass is 32.2. The van der Waals surface area contributed by atoms with Crippen molar-refractivity contribution in [3.8, 4) is 11.3 Å². The highest BCUT2D eigenvalue weighted by Gasteiger charge is 2.31. The van der Waals surface area contributed by atoms with E-state index in [-0.39, 0.29) is 18.9 Å². The van der Waals surface area contributed by atoms with Crippen molar-refractivity contribution in [3.63, 3.8) is 0 Å². The molecule has 0 unspecified atom stereocenters. The van der Waals surface area contributed by atoms with Crippen LogP contribution < -0.4 is 5.48 Å². The average Bonchev–Trinajstić information content (AvgIpc) is 3.22. The quantitative estimate of drug-likeness (QED) is 0.364. The molecule has 1 amide bonds. The van der Waals surface area contributed by atoms with Gasteiger partial charge in [-0.15, -0.1) is 0 Å². The molecule has 9 heteroatoms. The number of carboxylic acids is 1. The summed E-state index contributed by atoms with van der Waals surface area (Å²) in [5, 5.41) is 17.6. The van der Waals surface area contributed by atoms with Crippen molar-refractivity contribution < 1.29 is 24.3 Å². The molecule has 1 fully saturated rings. The SMILES string of the molecule is O=C(O)CCCN1C(=O)/C(=C\c2ccc(-c3ccc(NO)cc3)o2)SC1=S. The molecule has 0 radical (unpaired) electrons. The second kappa shape index (κ2) is 8.38. The van der Waals surface area contributed by atoms with E-state index < -0.39 is 5.97 Å². The first-order chi connectivity index (χ1) is 13.0. The lowest BCUT2D eigenvalue weighted by molar-refractivity contribution is -0.137. The maximum Gasteiger partial charge on any atom is 0.303 e. The molecule has 0 bridgehead atoms. The largest absolute Gasteiger partial charge is 0.481 e. The summed E-state index contributed by atoms with van der Waals surface area (Å²) in [7, 11) is 0. The minimum absolute atomic E-state index is 0.0117. The first-order valence-electron chi connectivity index (χ1n) is 8.05. The highest BCUT2D eigenvalue weighted by Crippen LogP contribution is 2.34. The summed E-state index contributed by atoms with van der Waals surface area (Å²) in [5.41, 5.74) is 3.46. The minimum atomic E-state index is -0.901. The van der Waals surface area contributed by atoms with E-state index in [1.807, 2.05) is 0 Å². The lowest BCUT2D eigenvalue weighted by Crippen LogP contribution is -2.29. The van der Waals surface area contributed by atoms with Gasteiger partial charge in [0.2, 0.25) is 0 Å². The van der Waals surface area contributed by atoms with Gasteiger partial charge in [0.1, 0.15) is 15.8 Å². The van der Waals surface area contributed by atoms with E-state index in [2.05, 4.69) is 5.48 Å². The van der Waals surface area contributed by atoms with E-state index in [1.54, 1.807) is 42.5 Å². The number of rotatable bonds is 7. The fourth-order valence-corrected chi connectivity index (χ4v) is 3.79. The van der Waals surface area contributed by atoms with E-state index in [1.165, 1.54) is 16.7 Å². The second-order valence-electron chi connectivity index (χ2n) is 5.72. The maximum atomic E-state index is 12.5. The summed E-state index contributed by atoms with van der Waals surface area (Å²) in [4.78, 5) is 24.9. The zero-order valence-corrected chi connectivity index (χ0v) is 15.7. The van der Waals surface area contributed by atoms with Gasteiger partial charge in [0.15, 0.2) is 0 Å². The fraction of sp³-hybridized carbons (Fsp3) is 0.167. The number of anilines is 1. The first-order valence-corrected chi connectivity index (χ1v) is 9.28. The van der Waals surface area contributed by atoms with Crippen LogP contribution in [0.5, 0.6) is 0 Å². The molecule has 1 aromatic carbocycles. The molecule has 0 aliphatic carbocycles. The Bertz CT molecular complexity index is 905. The number of furan rings is 1. The van der Waals surface area contributed by atoms with Crippen LogP contribution in [0.3, 0.4) is 0 Å². The zero-order chi connectivity index (χ0) is 19.4. The Morgan fingerprint density at radius 2 is 2.00 bits per heavy atom. The maximum absolute atomic E-state index is 12.5. The van der Waals surface area contributed by atoms with E-state index in [4.69, 9.17) is 26.9 Å². The summed E-state index contributed by atoms with van der Waals surface area (Å²) in [6.45, 7) is 0.281. The molecule has 2 heterocycles. The molecular weight excluding hydrogens is 388 g/mol. The molecule has 2 aromatic rings. The molecule has 140 valence electrons. The van der Waals surface area contributed by atoms with Crippen LogP contribution in [-0.2, 0) is 9.59 Å². The monoisotopic (exact) mass is 404 g/mol. The molecule has 0 spiro atoms. The number of carbonyl (C=O) groups is 2. The predicted molar refractivity (Wildman–Crippen MR) is 106 cm³/mol. The summed E-state index contributed by atoms with van der Waals surface area (Å²) in [5.74, 6) is -0.00307. The van der Waals surface area contributed by atoms with Crippen molar-refractivity contribution in [1.29, 1.82) is 0 Å². The topological polar surface area (TPSA) is 103 Å². The van der Waals surface area contributed by atoms with Crippen LogP contribution in [0.1, 0.15) is 18.6 Å². The summed E-state index contributed by atoms with van der Waals surface area (Å²) >= 11 is 6.39. The average molecular weight is 404 g/mol. The van der Waals surface area contributed by atoms with Crippen LogP contribution >= 0.6 is 24.0 Å². The molecule has 0 atom stereocenters. The number of carboxylic acid groups (broad SMARTS) is 1. The Kier molecular flexibility index (Phi) is 5.94. The number of thioether (sulfide) groups is 1. The third-order valence-corrected chi connectivity index (χ3v) is 5.22. The van der Waals surface area contributed by atoms with Crippen molar-refractivity contribution in [1.82, 2.24) is 4.90 Å². The lowest BCUT2D eigenvalue weighted by atomic mass is 10.1. The number of aliphatic carboxylic acids is 1. The third-order valence-electron chi connectivity index (χ3n) is 3.84. The first kappa shape index (κ1) is 19.2. The Morgan fingerprint density at radius 1 is 1.26 bits per heavy atom. The molecule has 3 rings (SSSR count). The van der Waals surface area contributed by atoms with Crippen molar-refractivity contribution in [2.45, 2.75) is 12.8 Å². The molecule has 1 saturated heterocycles. The third kappa shape index (κ3) is 4.57. The van der Waals surface area contributed by atoms with Crippen LogP contribution in [-0.4, -0.2) is 38.0 Å². The number of thiocarbonyl (C=S) groups is 1. The van der Waals surface area contributed by atoms with Gasteiger partial charge in [-0.1, -0.05) is 24.0 Å². The van der Waals surface area contributed by atoms with Crippen molar-refractivity contribution in [2.24, 2.45) is 0 Å². The Morgan fingerprint density at radius 3 is 2.67 bits per heavy atom. The highest BCUT2D eigenvalue weighted by molar-refractivity contribution is 8.26. The number of benzene rings is 1. The van der Waals surface area contributed by atoms with E-state index in [0.717, 1.165) is 5.56 Å². The van der Waals surface area contributed by atoms with E-state index >= 15 is 0 Å². The van der Waals surface area contributed by atoms with Gasteiger partial charge in [-0.3, -0.25) is 25.2 Å². The van der Waals surface area contributed by atoms with Gasteiger partial charge in [-0.2, -0.15) is 0 Å². The molecule has 1 aliphatic rings. The Labute approximate surface area is 164 Å². The fourth-order valence-electron chi connectivity index (χ4n) is 2.50. The Balaban J connectivity index is 1.71. The van der Waals surface area contributed by atoms with Crippen molar-refractivity contribution >= 4 is 51.9 Å². The lowest BCUT2D eigenvalue weighted by Gasteiger charge is -2.13. The molecule has 0 saturated carbocycles. The zero-order valence-electron chi connectivity index (χ0n) is 14.0. The normalized spacial score (nSPS) is 15.6. The number of hydrogen-bond donors (Lipinski definition) is 3. The van der Waals surface area contributed by atoms with Crippen molar-refractivity contribution in [2.75, 3.05) is 12.0 Å². The van der Waals surface area contributed by atoms with Gasteiger partial charge in [-0.05, 0) is 42.8 Å².